The molecule has 0 aliphatic carbocycles. The molecule has 64 valence electrons. The second kappa shape index (κ2) is 11.6. The van der Waals surface area contributed by atoms with Gasteiger partial charge in [0.1, 0.15) is 0 Å². The van der Waals surface area contributed by atoms with Crippen molar-refractivity contribution in [2.45, 2.75) is 18.0 Å². The summed E-state index contributed by atoms with van der Waals surface area (Å²) in [5, 5.41) is 1.19. The maximum absolute atomic E-state index is 5.56. The molecule has 0 bridgehead atoms. The lowest BCUT2D eigenvalue weighted by Crippen LogP contribution is -2.20. The summed E-state index contributed by atoms with van der Waals surface area (Å²) in [5.74, 6) is 2.20. The monoisotopic (exact) mass is 248 g/mol. The summed E-state index contributed by atoms with van der Waals surface area (Å²) in [6.45, 7) is 2.17. The largest absolute Gasteiger partial charge is 0.623 e. The molecule has 0 fully saturated rings. The maximum Gasteiger partial charge on any atom is 0.590 e. The molecule has 12 heavy (non-hydrogen) atoms. The van der Waals surface area contributed by atoms with Crippen LogP contribution in [-0.4, -0.2) is 78.8 Å². The van der Waals surface area contributed by atoms with Crippen LogP contribution in [0.5, 0.6) is 0 Å². The van der Waals surface area contributed by atoms with E-state index in [2.05, 4.69) is 12.7 Å². The molecule has 0 aromatic rings. The average Bonchev–Trinajstić information content (AvgIpc) is 2.10. The van der Waals surface area contributed by atoms with E-state index in [9.17, 15) is 0 Å². The summed E-state index contributed by atoms with van der Waals surface area (Å²) >= 11 is -2.14. The summed E-state index contributed by atoms with van der Waals surface area (Å²) in [6.07, 6.45) is 0. The zero-order chi connectivity index (χ0) is 9.23. The Balaban J connectivity index is 2.90. The van der Waals surface area contributed by atoms with Crippen molar-refractivity contribution in [1.82, 2.24) is 0 Å². The maximum atomic E-state index is 5.56. The van der Waals surface area contributed by atoms with Gasteiger partial charge >= 0.3 is 78.8 Å². The van der Waals surface area contributed by atoms with Gasteiger partial charge in [-0.1, -0.05) is 18.0 Å². The Bertz CT molecular complexity index is 94.8. The summed E-state index contributed by atoms with van der Waals surface area (Å²) in [4.78, 5) is 0. The molecule has 0 aliphatic rings. The van der Waals surface area contributed by atoms with Crippen molar-refractivity contribution in [3.63, 3.8) is 0 Å². The first-order chi connectivity index (χ1) is 5.81. The molecule has 0 amide bonds. The van der Waals surface area contributed by atoms with E-state index in [1.807, 2.05) is 0 Å². The third kappa shape index (κ3) is 10.6. The Kier molecular flexibility index (Phi) is 14.0. The quantitative estimate of drug-likeness (QED) is 0.369. The minimum absolute atomic E-state index is 0.654. The van der Waals surface area contributed by atoms with Crippen LogP contribution < -0.4 is 0 Å². The first kappa shape index (κ1) is 14.5. The molecule has 0 atom stereocenters. The molecule has 0 radical (unpaired) electrons. The van der Waals surface area contributed by atoms with E-state index in [-0.39, 0.29) is 0 Å². The van der Waals surface area contributed by atoms with Crippen LogP contribution in [0.1, 0.15) is 6.92 Å². The standard InChI is InChI=1S/C2H5.CH3.5Al.4O.5H/c1-2;;;;;;;;;;;;;;;/h1H2,2H3;1H3;;;;;;;;;;;;;;. The van der Waals surface area contributed by atoms with Crippen LogP contribution in [0.25, 0.3) is 0 Å². The molecule has 0 aromatic heterocycles. The zero-order valence-electron chi connectivity index (χ0n) is 8.04. The summed E-state index contributed by atoms with van der Waals surface area (Å²) in [5.41, 5.74) is 0. The van der Waals surface area contributed by atoms with Gasteiger partial charge in [-0.05, 0) is 0 Å². The van der Waals surface area contributed by atoms with Crippen molar-refractivity contribution in [2.24, 2.45) is 0 Å². The van der Waals surface area contributed by atoms with Gasteiger partial charge in [0.15, 0.2) is 0 Å². The minimum Gasteiger partial charge on any atom is -0.623 e. The molecular weight excluding hydrogens is 235 g/mol. The van der Waals surface area contributed by atoms with Gasteiger partial charge in [-0.25, -0.2) is 0 Å². The van der Waals surface area contributed by atoms with Crippen LogP contribution in [0.3, 0.4) is 0 Å². The van der Waals surface area contributed by atoms with Gasteiger partial charge in [0.05, 0.1) is 0 Å². The van der Waals surface area contributed by atoms with Crippen molar-refractivity contribution in [3.8, 4) is 0 Å². The van der Waals surface area contributed by atoms with E-state index in [0.717, 1.165) is 16.6 Å². The van der Waals surface area contributed by atoms with Crippen LogP contribution in [0, 0.1) is 0 Å². The molecule has 0 saturated heterocycles. The lowest BCUT2D eigenvalue weighted by molar-refractivity contribution is 0.404. The first-order valence-electron chi connectivity index (χ1n) is 4.07. The Hall–Kier alpha value is 2.50. The highest BCUT2D eigenvalue weighted by Crippen LogP contribution is 1.90. The second-order valence-corrected chi connectivity index (χ2v) is 12.5. The highest BCUT2D eigenvalue weighted by molar-refractivity contribution is 6.57. The van der Waals surface area contributed by atoms with Gasteiger partial charge in [-0.2, -0.15) is 0 Å². The van der Waals surface area contributed by atoms with Crippen molar-refractivity contribution in [2.75, 3.05) is 0 Å². The molecule has 4 nitrogen and oxygen atoms in total. The third-order valence-electron chi connectivity index (χ3n) is 1.38. The van der Waals surface area contributed by atoms with E-state index in [1.54, 1.807) is 0 Å². The fourth-order valence-electron chi connectivity index (χ4n) is 0.492. The molecule has 9 heteroatoms. The summed E-state index contributed by atoms with van der Waals surface area (Å²) < 4.78 is 21.1. The van der Waals surface area contributed by atoms with Crippen LogP contribution in [0.4, 0.5) is 0 Å². The first-order valence-corrected chi connectivity index (χ1v) is 10.8. The fourth-order valence-corrected chi connectivity index (χ4v) is 7.86. The normalized spacial score (nSPS) is 9.17. The molecule has 0 heterocycles. The van der Waals surface area contributed by atoms with Gasteiger partial charge in [0, 0.05) is 0 Å². The van der Waals surface area contributed by atoms with Crippen LogP contribution >= 0.6 is 0 Å². The molecule has 0 spiro atoms. The van der Waals surface area contributed by atoms with Gasteiger partial charge in [-0.3, -0.25) is 0 Å². The van der Waals surface area contributed by atoms with Gasteiger partial charge < -0.3 is 11.4 Å². The molecule has 0 aromatic carbocycles. The molecule has 0 unspecified atom stereocenters. The van der Waals surface area contributed by atoms with Crippen molar-refractivity contribution >= 4 is 78.8 Å². The molecule has 0 aliphatic heterocycles. The molecule has 0 saturated carbocycles. The summed E-state index contributed by atoms with van der Waals surface area (Å²) in [7, 11) is 0. The van der Waals surface area contributed by atoms with Crippen LogP contribution in [-0.2, 0) is 11.4 Å². The molecule has 0 N–H and O–H groups in total. The number of hydrogen-bond donors (Lipinski definition) is 0. The van der Waals surface area contributed by atoms with E-state index in [4.69, 9.17) is 11.4 Å². The van der Waals surface area contributed by atoms with E-state index < -0.39 is 62.1 Å². The van der Waals surface area contributed by atoms with Crippen molar-refractivity contribution in [1.29, 1.82) is 0 Å². The van der Waals surface area contributed by atoms with Crippen molar-refractivity contribution in [3.05, 3.63) is 0 Å². The van der Waals surface area contributed by atoms with Crippen LogP contribution in [0.15, 0.2) is 0 Å². The van der Waals surface area contributed by atoms with E-state index >= 15 is 0 Å². The third-order valence-corrected chi connectivity index (χ3v) is 8.96. The Morgan fingerprint density at radius 3 is 2.50 bits per heavy atom. The zero-order valence-corrected chi connectivity index (χ0v) is 15.4. The Labute approximate surface area is 107 Å². The Morgan fingerprint density at radius 2 is 1.92 bits per heavy atom. The Morgan fingerprint density at radius 1 is 1.25 bits per heavy atom. The lowest BCUT2D eigenvalue weighted by atomic mass is 11.0. The van der Waals surface area contributed by atoms with Gasteiger partial charge in [-0.15, -0.1) is 0 Å². The molecular formula is C3H13Al5O4. The number of rotatable bonds is 8. The lowest BCUT2D eigenvalue weighted by Gasteiger charge is -2.07. The SMILES string of the molecule is C[CH2][Al]([CH3])[O][AlH][O][AlH][O][AlH][O][AlH2]. The van der Waals surface area contributed by atoms with Gasteiger partial charge in [0.25, 0.3) is 0 Å². The van der Waals surface area contributed by atoms with E-state index in [0.29, 0.717) is 0 Å². The second-order valence-electron chi connectivity index (χ2n) is 2.44. The summed E-state index contributed by atoms with van der Waals surface area (Å²) in [6, 6.07) is 0. The highest BCUT2D eigenvalue weighted by atomic mass is 27.3. The topological polar surface area (TPSA) is 36.9 Å². The van der Waals surface area contributed by atoms with E-state index in [1.165, 1.54) is 5.28 Å². The van der Waals surface area contributed by atoms with Crippen molar-refractivity contribution < 1.29 is 11.4 Å². The number of hydrogen-bond acceptors (Lipinski definition) is 4. The smallest absolute Gasteiger partial charge is 0.590 e. The minimum atomic E-state index is -0.850. The predicted octanol–water partition coefficient (Wildman–Crippen LogP) is -1.96. The highest BCUT2D eigenvalue weighted by Gasteiger charge is 2.10. The average molecular weight is 248 g/mol. The molecule has 0 rings (SSSR count). The van der Waals surface area contributed by atoms with Crippen LogP contribution in [0.2, 0.25) is 11.1 Å². The van der Waals surface area contributed by atoms with Gasteiger partial charge in [0.2, 0.25) is 0 Å². The predicted molar refractivity (Wildman–Crippen MR) is 56.4 cm³/mol. The fraction of sp³-hybridized carbons (Fsp3) is 1.00.